The molecule has 0 unspecified atom stereocenters. The summed E-state index contributed by atoms with van der Waals surface area (Å²) in [6, 6.07) is 1.86. The van der Waals surface area contributed by atoms with Crippen molar-refractivity contribution in [2.75, 3.05) is 19.6 Å². The van der Waals surface area contributed by atoms with E-state index in [9.17, 15) is 9.59 Å². The van der Waals surface area contributed by atoms with Crippen LogP contribution in [0.5, 0.6) is 0 Å². The topological polar surface area (TPSA) is 58.6 Å². The zero-order valence-electron chi connectivity index (χ0n) is 13.4. The highest BCUT2D eigenvalue weighted by Gasteiger charge is 2.24. The fourth-order valence-electron chi connectivity index (χ4n) is 2.45. The summed E-state index contributed by atoms with van der Waals surface area (Å²) in [5.41, 5.74) is 0.302. The molecule has 1 aromatic heterocycles. The first kappa shape index (κ1) is 16.8. The van der Waals surface area contributed by atoms with Gasteiger partial charge in [-0.1, -0.05) is 0 Å². The fraction of sp³-hybridized carbons (Fsp3) is 0.625. The maximum absolute atomic E-state index is 12.2. The first-order chi connectivity index (χ1) is 10.3. The number of ether oxygens (including phenoxy) is 1. The van der Waals surface area contributed by atoms with Gasteiger partial charge in [0.1, 0.15) is 5.60 Å². The Kier molecular flexibility index (Phi) is 5.45. The number of nitrogens with zero attached hydrogens (tertiary/aromatic N) is 1. The maximum atomic E-state index is 12.2. The highest BCUT2D eigenvalue weighted by molar-refractivity contribution is 7.08. The summed E-state index contributed by atoms with van der Waals surface area (Å²) in [6.07, 6.45) is 1.45. The van der Waals surface area contributed by atoms with Crippen molar-refractivity contribution in [3.8, 4) is 0 Å². The Hall–Kier alpha value is -1.56. The van der Waals surface area contributed by atoms with E-state index in [2.05, 4.69) is 5.32 Å². The molecule has 2 amide bonds. The zero-order valence-corrected chi connectivity index (χ0v) is 14.2. The summed E-state index contributed by atoms with van der Waals surface area (Å²) in [7, 11) is 0. The predicted molar refractivity (Wildman–Crippen MR) is 87.2 cm³/mol. The molecule has 2 rings (SSSR count). The van der Waals surface area contributed by atoms with Crippen molar-refractivity contribution in [1.82, 2.24) is 10.2 Å². The molecule has 0 aromatic carbocycles. The minimum Gasteiger partial charge on any atom is -0.444 e. The Bertz CT molecular complexity index is 500. The van der Waals surface area contributed by atoms with Crippen LogP contribution in [0.3, 0.4) is 0 Å². The summed E-state index contributed by atoms with van der Waals surface area (Å²) in [4.78, 5) is 25.8. The van der Waals surface area contributed by atoms with Gasteiger partial charge in [0.25, 0.3) is 5.91 Å². The lowest BCUT2D eigenvalue weighted by molar-refractivity contribution is 0.0500. The molecule has 1 aromatic rings. The lowest BCUT2D eigenvalue weighted by Crippen LogP contribution is -2.42. The average molecular weight is 324 g/mol. The van der Waals surface area contributed by atoms with Gasteiger partial charge in [-0.2, -0.15) is 11.3 Å². The quantitative estimate of drug-likeness (QED) is 0.929. The van der Waals surface area contributed by atoms with Crippen molar-refractivity contribution in [3.05, 3.63) is 22.4 Å². The second-order valence-corrected chi connectivity index (χ2v) is 7.41. The van der Waals surface area contributed by atoms with Crippen LogP contribution in [0.4, 0.5) is 4.79 Å². The molecule has 0 aliphatic carbocycles. The molecule has 1 fully saturated rings. The second-order valence-electron chi connectivity index (χ2n) is 6.63. The van der Waals surface area contributed by atoms with E-state index in [0.717, 1.165) is 31.5 Å². The van der Waals surface area contributed by atoms with Crippen LogP contribution in [0.15, 0.2) is 16.8 Å². The van der Waals surface area contributed by atoms with Crippen molar-refractivity contribution in [2.24, 2.45) is 5.92 Å². The predicted octanol–water partition coefficient (Wildman–Crippen LogP) is 3.13. The summed E-state index contributed by atoms with van der Waals surface area (Å²) in [5, 5.41) is 6.63. The Morgan fingerprint density at radius 3 is 2.59 bits per heavy atom. The normalized spacial score (nSPS) is 16.4. The molecular weight excluding hydrogens is 300 g/mol. The number of nitrogens with one attached hydrogen (secondary N) is 1. The third-order valence-corrected chi connectivity index (χ3v) is 4.29. The molecule has 0 spiro atoms. The van der Waals surface area contributed by atoms with E-state index in [-0.39, 0.29) is 12.0 Å². The van der Waals surface area contributed by atoms with Gasteiger partial charge in [-0.25, -0.2) is 4.79 Å². The molecule has 0 bridgehead atoms. The van der Waals surface area contributed by atoms with Gasteiger partial charge < -0.3 is 15.0 Å². The first-order valence-corrected chi connectivity index (χ1v) is 8.58. The van der Waals surface area contributed by atoms with Crippen LogP contribution >= 0.6 is 11.3 Å². The Balaban J connectivity index is 1.71. The molecule has 122 valence electrons. The summed E-state index contributed by atoms with van der Waals surface area (Å²) in [5.74, 6) is 0.513. The largest absolute Gasteiger partial charge is 0.444 e. The smallest absolute Gasteiger partial charge is 0.407 e. The van der Waals surface area contributed by atoms with Crippen LogP contribution in [0, 0.1) is 5.92 Å². The van der Waals surface area contributed by atoms with Crippen LogP contribution in [0.2, 0.25) is 0 Å². The van der Waals surface area contributed by atoms with Gasteiger partial charge in [-0.3, -0.25) is 4.79 Å². The number of carbonyl (C=O) groups excluding carboxylic acids is 2. The lowest BCUT2D eigenvalue weighted by Gasteiger charge is -2.32. The summed E-state index contributed by atoms with van der Waals surface area (Å²) < 4.78 is 5.22. The van der Waals surface area contributed by atoms with E-state index in [1.165, 1.54) is 11.3 Å². The highest BCUT2D eigenvalue weighted by atomic mass is 32.1. The molecular formula is C16H24N2O3S. The van der Waals surface area contributed by atoms with E-state index in [4.69, 9.17) is 4.74 Å². The van der Waals surface area contributed by atoms with E-state index in [1.807, 2.05) is 42.5 Å². The first-order valence-electron chi connectivity index (χ1n) is 7.63. The second kappa shape index (κ2) is 7.13. The third-order valence-electron chi connectivity index (χ3n) is 3.60. The van der Waals surface area contributed by atoms with Crippen LogP contribution in [0.1, 0.15) is 44.0 Å². The Labute approximate surface area is 135 Å². The summed E-state index contributed by atoms with van der Waals surface area (Å²) >= 11 is 1.54. The third kappa shape index (κ3) is 5.02. The number of carbonyl (C=O) groups is 2. The molecule has 22 heavy (non-hydrogen) atoms. The minimum absolute atomic E-state index is 0.111. The molecule has 6 heteroatoms. The SMILES string of the molecule is CC(C)(C)OC(=O)NCC1CCN(C(=O)c2ccsc2)CC1. The molecule has 5 nitrogen and oxygen atoms in total. The number of likely N-dealkylation sites (tertiary alicyclic amines) is 1. The molecule has 1 aliphatic heterocycles. The van der Waals surface area contributed by atoms with Gasteiger partial charge >= 0.3 is 6.09 Å². The number of rotatable bonds is 3. The van der Waals surface area contributed by atoms with Crippen molar-refractivity contribution in [3.63, 3.8) is 0 Å². The van der Waals surface area contributed by atoms with Crippen LogP contribution in [0.25, 0.3) is 0 Å². The molecule has 0 radical (unpaired) electrons. The Morgan fingerprint density at radius 2 is 2.05 bits per heavy atom. The number of piperidine rings is 1. The average Bonchev–Trinajstić information content (AvgIpc) is 2.97. The van der Waals surface area contributed by atoms with Crippen molar-refractivity contribution in [2.45, 2.75) is 39.2 Å². The van der Waals surface area contributed by atoms with Crippen molar-refractivity contribution in [1.29, 1.82) is 0 Å². The number of hydrogen-bond donors (Lipinski definition) is 1. The van der Waals surface area contributed by atoms with Gasteiger partial charge in [0.2, 0.25) is 0 Å². The fourth-order valence-corrected chi connectivity index (χ4v) is 3.08. The van der Waals surface area contributed by atoms with Gasteiger partial charge in [0, 0.05) is 25.0 Å². The number of thiophene rings is 1. The molecule has 1 aliphatic rings. The molecule has 0 saturated carbocycles. The molecule has 1 N–H and O–H groups in total. The van der Waals surface area contributed by atoms with Gasteiger partial charge in [-0.15, -0.1) is 0 Å². The molecule has 1 saturated heterocycles. The molecule has 0 atom stereocenters. The minimum atomic E-state index is -0.472. The standard InChI is InChI=1S/C16H24N2O3S/c1-16(2,3)21-15(20)17-10-12-4-7-18(8-5-12)14(19)13-6-9-22-11-13/h6,9,11-12H,4-5,7-8,10H2,1-3H3,(H,17,20). The van der Waals surface area contributed by atoms with Crippen molar-refractivity contribution < 1.29 is 14.3 Å². The number of alkyl carbamates (subject to hydrolysis) is 1. The van der Waals surface area contributed by atoms with Crippen LogP contribution < -0.4 is 5.32 Å². The van der Waals surface area contributed by atoms with Crippen molar-refractivity contribution >= 4 is 23.3 Å². The van der Waals surface area contributed by atoms with Gasteiger partial charge in [0.15, 0.2) is 0 Å². The number of hydrogen-bond acceptors (Lipinski definition) is 4. The van der Waals surface area contributed by atoms with E-state index in [0.29, 0.717) is 12.5 Å². The Morgan fingerprint density at radius 1 is 1.36 bits per heavy atom. The maximum Gasteiger partial charge on any atom is 0.407 e. The number of amides is 2. The molecule has 2 heterocycles. The summed E-state index contributed by atoms with van der Waals surface area (Å²) in [6.45, 7) is 7.64. The monoisotopic (exact) mass is 324 g/mol. The van der Waals surface area contributed by atoms with Crippen LogP contribution in [-0.4, -0.2) is 42.1 Å². The van der Waals surface area contributed by atoms with Gasteiger partial charge in [-0.05, 0) is 51.0 Å². The van der Waals surface area contributed by atoms with Gasteiger partial charge in [0.05, 0.1) is 5.56 Å². The van der Waals surface area contributed by atoms with E-state index in [1.54, 1.807) is 0 Å². The van der Waals surface area contributed by atoms with E-state index >= 15 is 0 Å². The lowest BCUT2D eigenvalue weighted by atomic mass is 9.96. The highest BCUT2D eigenvalue weighted by Crippen LogP contribution is 2.19. The zero-order chi connectivity index (χ0) is 16.2. The van der Waals surface area contributed by atoms with E-state index < -0.39 is 5.60 Å². The van der Waals surface area contributed by atoms with Crippen LogP contribution in [-0.2, 0) is 4.74 Å².